The zero-order valence-electron chi connectivity index (χ0n) is 28.4. The summed E-state index contributed by atoms with van der Waals surface area (Å²) in [5.74, 6) is 0.197. The summed E-state index contributed by atoms with van der Waals surface area (Å²) in [5.41, 5.74) is 9.36. The summed E-state index contributed by atoms with van der Waals surface area (Å²) in [6, 6.07) is 17.4. The second-order valence-electron chi connectivity index (χ2n) is 14.3. The first kappa shape index (κ1) is 35.1. The smallest absolute Gasteiger partial charge is 0.200 e. The molecule has 3 aliphatic rings. The van der Waals surface area contributed by atoms with Crippen molar-refractivity contribution >= 4 is 5.78 Å². The number of ketones is 1. The van der Waals surface area contributed by atoms with Crippen LogP contribution in [0.4, 0.5) is 0 Å². The van der Waals surface area contributed by atoms with E-state index in [4.69, 9.17) is 15.2 Å². The molecule has 1 aliphatic heterocycles. The lowest BCUT2D eigenvalue weighted by molar-refractivity contribution is -0.121. The van der Waals surface area contributed by atoms with E-state index < -0.39 is 6.10 Å². The highest BCUT2D eigenvalue weighted by atomic mass is 16.5. The highest BCUT2D eigenvalue weighted by Gasteiger charge is 2.48. The number of aromatic hydroxyl groups is 3. The van der Waals surface area contributed by atoms with Gasteiger partial charge in [0.15, 0.2) is 23.0 Å². The number of nitrogens with one attached hydrogen (secondary N) is 1. The number of nitrogens with two attached hydrogens (primary N) is 1. The van der Waals surface area contributed by atoms with Crippen LogP contribution in [-0.4, -0.2) is 58.2 Å². The van der Waals surface area contributed by atoms with E-state index in [9.17, 15) is 25.2 Å². The summed E-state index contributed by atoms with van der Waals surface area (Å²) in [4.78, 5) is 13.3. The van der Waals surface area contributed by atoms with E-state index in [0.29, 0.717) is 25.0 Å². The van der Waals surface area contributed by atoms with E-state index in [-0.39, 0.29) is 71.7 Å². The zero-order chi connectivity index (χ0) is 34.4. The molecule has 7 N–H and O–H groups in total. The third kappa shape index (κ3) is 7.84. The Morgan fingerprint density at radius 2 is 1.71 bits per heavy atom. The molecule has 0 amide bonds. The number of carbonyl (C=O) groups is 1. The maximum absolute atomic E-state index is 13.3. The van der Waals surface area contributed by atoms with Crippen molar-refractivity contribution in [2.45, 2.75) is 107 Å². The number of hydrogen-bond donors (Lipinski definition) is 6. The Balaban J connectivity index is 1.29. The van der Waals surface area contributed by atoms with Gasteiger partial charge in [-0.1, -0.05) is 55.7 Å². The van der Waals surface area contributed by atoms with Gasteiger partial charge < -0.3 is 35.2 Å². The summed E-state index contributed by atoms with van der Waals surface area (Å²) < 4.78 is 11.8. The molecule has 9 nitrogen and oxygen atoms in total. The minimum Gasteiger partial charge on any atom is -0.504 e. The Hall–Kier alpha value is -3.79. The molecule has 3 aromatic rings. The molecule has 0 spiro atoms. The SMILES string of the molecule is NCOc1cc(CCC(=O)C[C@H](O)C[C@H]2c3cc(O)c(O)c(OC4CCNCC4)c3CC[C@@H]2C2(c3ccccc3)CCCCC2)ccc1O. The number of benzene rings is 3. The van der Waals surface area contributed by atoms with Gasteiger partial charge in [-0.15, -0.1) is 0 Å². The average molecular weight is 673 g/mol. The van der Waals surface area contributed by atoms with Crippen molar-refractivity contribution in [1.29, 1.82) is 0 Å². The number of aryl methyl sites for hydroxylation is 1. The molecule has 1 saturated heterocycles. The van der Waals surface area contributed by atoms with Crippen LogP contribution in [0.2, 0.25) is 0 Å². The number of aliphatic hydroxyl groups excluding tert-OH is 1. The molecule has 3 atom stereocenters. The lowest BCUT2D eigenvalue weighted by atomic mass is 9.54. The summed E-state index contributed by atoms with van der Waals surface area (Å²) in [7, 11) is 0. The minimum atomic E-state index is -0.886. The van der Waals surface area contributed by atoms with Gasteiger partial charge in [-0.05, 0) is 117 Å². The minimum absolute atomic E-state index is 0.00633. The van der Waals surface area contributed by atoms with Gasteiger partial charge in [0, 0.05) is 18.4 Å². The Bertz CT molecular complexity index is 1570. The molecular formula is C40H52N2O7. The molecule has 0 bridgehead atoms. The molecule has 2 fully saturated rings. The number of rotatable bonds is 13. The third-order valence-corrected chi connectivity index (χ3v) is 11.3. The van der Waals surface area contributed by atoms with Crippen LogP contribution in [0.5, 0.6) is 28.7 Å². The number of phenols is 3. The second-order valence-corrected chi connectivity index (χ2v) is 14.3. The first-order valence-electron chi connectivity index (χ1n) is 18.1. The van der Waals surface area contributed by atoms with Crippen LogP contribution in [0.1, 0.15) is 98.8 Å². The van der Waals surface area contributed by atoms with Gasteiger partial charge in [0.1, 0.15) is 18.6 Å². The van der Waals surface area contributed by atoms with E-state index in [2.05, 4.69) is 35.6 Å². The number of fused-ring (bicyclic) bond motifs is 1. The van der Waals surface area contributed by atoms with E-state index >= 15 is 0 Å². The summed E-state index contributed by atoms with van der Waals surface area (Å²) >= 11 is 0. The molecule has 0 radical (unpaired) electrons. The number of carbonyl (C=O) groups excluding carboxylic acids is 1. The maximum Gasteiger partial charge on any atom is 0.200 e. The summed E-state index contributed by atoms with van der Waals surface area (Å²) in [6.07, 6.45) is 8.88. The quantitative estimate of drug-likeness (QED) is 0.0931. The lowest BCUT2D eigenvalue weighted by Gasteiger charge is -2.50. The van der Waals surface area contributed by atoms with Gasteiger partial charge in [0.25, 0.3) is 0 Å². The molecule has 264 valence electrons. The highest BCUT2D eigenvalue weighted by Crippen LogP contribution is 2.58. The molecule has 3 aromatic carbocycles. The predicted molar refractivity (Wildman–Crippen MR) is 188 cm³/mol. The highest BCUT2D eigenvalue weighted by molar-refractivity contribution is 5.79. The van der Waals surface area contributed by atoms with Crippen molar-refractivity contribution in [2.75, 3.05) is 19.8 Å². The number of piperidine rings is 1. The fourth-order valence-electron chi connectivity index (χ4n) is 8.93. The summed E-state index contributed by atoms with van der Waals surface area (Å²) in [5, 5.41) is 47.2. The average Bonchev–Trinajstić information content (AvgIpc) is 3.12. The fraction of sp³-hybridized carbons (Fsp3) is 0.525. The molecule has 6 rings (SSSR count). The topological polar surface area (TPSA) is 154 Å². The predicted octanol–water partition coefficient (Wildman–Crippen LogP) is 6.12. The van der Waals surface area contributed by atoms with Crippen molar-refractivity contribution in [1.82, 2.24) is 5.32 Å². The third-order valence-electron chi connectivity index (χ3n) is 11.3. The van der Waals surface area contributed by atoms with Crippen molar-refractivity contribution < 1.29 is 34.7 Å². The van der Waals surface area contributed by atoms with Gasteiger partial charge in [0.2, 0.25) is 5.75 Å². The van der Waals surface area contributed by atoms with Crippen molar-refractivity contribution in [2.24, 2.45) is 11.7 Å². The normalized spacial score (nSPS) is 21.4. The van der Waals surface area contributed by atoms with Crippen LogP contribution in [-0.2, 0) is 23.1 Å². The molecule has 9 heteroatoms. The van der Waals surface area contributed by atoms with E-state index in [1.807, 2.05) is 0 Å². The van der Waals surface area contributed by atoms with Crippen LogP contribution in [0.3, 0.4) is 0 Å². The van der Waals surface area contributed by atoms with Gasteiger partial charge in [-0.2, -0.15) is 0 Å². The van der Waals surface area contributed by atoms with E-state index in [1.54, 1.807) is 18.2 Å². The van der Waals surface area contributed by atoms with Crippen LogP contribution in [0.25, 0.3) is 0 Å². The van der Waals surface area contributed by atoms with Gasteiger partial charge in [0.05, 0.1) is 6.10 Å². The zero-order valence-corrected chi connectivity index (χ0v) is 28.4. The standard InChI is InChI=1S/C40H52N2O7/c41-25-48-37-21-26(10-14-35(37)45)9-11-28(43)22-29(44)23-33-32-24-36(46)38(47)39(49-30-15-19-42-20-16-30)31(32)12-13-34(33)40(17-5-2-6-18-40)27-7-3-1-4-8-27/h1,3-4,7-8,10,14,21,24,29-30,33-34,42,44-47H,2,5-6,9,11-13,15-20,22-23,25,41H2/t29-,33-,34-/m0/s1. The first-order chi connectivity index (χ1) is 23.8. The number of Topliss-reactive ketones (excluding diaryl/α,β-unsaturated/α-hetero) is 1. The van der Waals surface area contributed by atoms with Gasteiger partial charge in [-0.25, -0.2) is 0 Å². The Morgan fingerprint density at radius 1 is 0.959 bits per heavy atom. The summed E-state index contributed by atoms with van der Waals surface area (Å²) in [6.45, 7) is 1.61. The molecular weight excluding hydrogens is 620 g/mol. The molecule has 0 unspecified atom stereocenters. The molecule has 49 heavy (non-hydrogen) atoms. The second kappa shape index (κ2) is 15.8. The van der Waals surface area contributed by atoms with Crippen LogP contribution in [0.15, 0.2) is 54.6 Å². The van der Waals surface area contributed by atoms with Crippen molar-refractivity contribution in [3.05, 3.63) is 76.9 Å². The number of ether oxygens (including phenoxy) is 2. The molecule has 1 heterocycles. The van der Waals surface area contributed by atoms with Gasteiger partial charge >= 0.3 is 0 Å². The van der Waals surface area contributed by atoms with Crippen LogP contribution < -0.4 is 20.5 Å². The van der Waals surface area contributed by atoms with E-state index in [1.165, 1.54) is 18.1 Å². The molecule has 1 saturated carbocycles. The first-order valence-corrected chi connectivity index (χ1v) is 18.1. The number of hydrogen-bond acceptors (Lipinski definition) is 9. The molecule has 2 aliphatic carbocycles. The lowest BCUT2D eigenvalue weighted by Crippen LogP contribution is -2.43. The Morgan fingerprint density at radius 3 is 2.45 bits per heavy atom. The largest absolute Gasteiger partial charge is 0.504 e. The number of phenolic OH excluding ortho intramolecular Hbond substituents is 3. The van der Waals surface area contributed by atoms with Gasteiger partial charge in [-0.3, -0.25) is 10.5 Å². The maximum atomic E-state index is 13.3. The molecule has 0 aromatic heterocycles. The van der Waals surface area contributed by atoms with E-state index in [0.717, 1.165) is 74.7 Å². The fourth-order valence-corrected chi connectivity index (χ4v) is 8.93. The monoisotopic (exact) mass is 672 g/mol. The Kier molecular flexibility index (Phi) is 11.3. The van der Waals surface area contributed by atoms with Crippen molar-refractivity contribution in [3.8, 4) is 28.7 Å². The van der Waals surface area contributed by atoms with Crippen LogP contribution in [0, 0.1) is 5.92 Å². The van der Waals surface area contributed by atoms with Crippen molar-refractivity contribution in [3.63, 3.8) is 0 Å². The van der Waals surface area contributed by atoms with Crippen LogP contribution >= 0.6 is 0 Å². The Labute approximate surface area is 289 Å². The number of aliphatic hydroxyl groups is 1.